The molecule has 0 bridgehead atoms. The maximum atomic E-state index is 12.5. The molecule has 1 unspecified atom stereocenters. The lowest BCUT2D eigenvalue weighted by atomic mass is 10.0. The molecule has 2 rings (SSSR count). The van der Waals surface area contributed by atoms with E-state index >= 15 is 0 Å². The van der Waals surface area contributed by atoms with Crippen LogP contribution in [0, 0.1) is 19.8 Å². The summed E-state index contributed by atoms with van der Waals surface area (Å²) in [5.74, 6) is -0.303. The number of amides is 1. The third-order valence-corrected chi connectivity index (χ3v) is 3.90. The minimum absolute atomic E-state index is 0.0884. The third-order valence-electron chi connectivity index (χ3n) is 3.90. The number of esters is 1. The van der Waals surface area contributed by atoms with Crippen molar-refractivity contribution in [3.05, 3.63) is 65.2 Å². The number of hydrogen-bond acceptors (Lipinski definition) is 3. The summed E-state index contributed by atoms with van der Waals surface area (Å²) in [7, 11) is 0. The molecule has 0 aliphatic rings. The van der Waals surface area contributed by atoms with E-state index in [0.717, 1.165) is 11.1 Å². The van der Waals surface area contributed by atoms with Gasteiger partial charge in [-0.15, -0.1) is 0 Å². The van der Waals surface area contributed by atoms with Gasteiger partial charge in [0, 0.05) is 5.56 Å². The highest BCUT2D eigenvalue weighted by molar-refractivity contribution is 5.98. The van der Waals surface area contributed by atoms with Gasteiger partial charge >= 0.3 is 5.97 Å². The molecule has 4 nitrogen and oxygen atoms in total. The topological polar surface area (TPSA) is 55.4 Å². The first-order chi connectivity index (χ1) is 11.4. The van der Waals surface area contributed by atoms with Crippen molar-refractivity contribution in [1.29, 1.82) is 0 Å². The maximum Gasteiger partial charge on any atom is 0.334 e. The largest absolute Gasteiger partial charge is 0.425 e. The quantitative estimate of drug-likeness (QED) is 0.674. The van der Waals surface area contributed by atoms with E-state index in [1.807, 2.05) is 58.0 Å². The number of aryl methyl sites for hydroxylation is 2. The van der Waals surface area contributed by atoms with Crippen LogP contribution in [0.15, 0.2) is 48.5 Å². The van der Waals surface area contributed by atoms with Crippen LogP contribution in [-0.2, 0) is 4.79 Å². The fourth-order valence-corrected chi connectivity index (χ4v) is 2.39. The Balaban J connectivity index is 2.15. The van der Waals surface area contributed by atoms with E-state index in [0.29, 0.717) is 11.3 Å². The first-order valence-electron chi connectivity index (χ1n) is 8.04. The molecule has 1 amide bonds. The number of carbonyl (C=O) groups excluding carboxylic acids is 2. The van der Waals surface area contributed by atoms with Gasteiger partial charge in [0.1, 0.15) is 11.8 Å². The van der Waals surface area contributed by atoms with Gasteiger partial charge in [0.15, 0.2) is 0 Å². The van der Waals surface area contributed by atoms with E-state index in [1.165, 1.54) is 0 Å². The van der Waals surface area contributed by atoms with Gasteiger partial charge in [0.05, 0.1) is 0 Å². The normalized spacial score (nSPS) is 11.9. The van der Waals surface area contributed by atoms with E-state index in [9.17, 15) is 9.59 Å². The van der Waals surface area contributed by atoms with Crippen LogP contribution < -0.4 is 10.1 Å². The lowest BCUT2D eigenvalue weighted by Gasteiger charge is -2.21. The van der Waals surface area contributed by atoms with Crippen molar-refractivity contribution in [2.75, 3.05) is 0 Å². The molecule has 0 fully saturated rings. The fourth-order valence-electron chi connectivity index (χ4n) is 2.39. The molecule has 0 spiro atoms. The third kappa shape index (κ3) is 4.22. The van der Waals surface area contributed by atoms with Gasteiger partial charge in [-0.1, -0.05) is 50.2 Å². The summed E-state index contributed by atoms with van der Waals surface area (Å²) in [6.45, 7) is 7.49. The van der Waals surface area contributed by atoms with E-state index in [4.69, 9.17) is 4.74 Å². The van der Waals surface area contributed by atoms with E-state index in [-0.39, 0.29) is 11.8 Å². The molecular formula is C20H23NO3. The summed E-state index contributed by atoms with van der Waals surface area (Å²) in [6, 6.07) is 13.9. The molecule has 0 aliphatic carbocycles. The SMILES string of the molecule is Cc1ccccc1OC(=O)C(NC(=O)c1ccccc1C)C(C)C. The predicted molar refractivity (Wildman–Crippen MR) is 94.1 cm³/mol. The zero-order chi connectivity index (χ0) is 17.7. The van der Waals surface area contributed by atoms with Crippen LogP contribution in [0.1, 0.15) is 35.3 Å². The van der Waals surface area contributed by atoms with Crippen molar-refractivity contribution in [2.45, 2.75) is 33.7 Å². The summed E-state index contributed by atoms with van der Waals surface area (Å²) in [6.07, 6.45) is 0. The molecular weight excluding hydrogens is 302 g/mol. The molecule has 0 radical (unpaired) electrons. The van der Waals surface area contributed by atoms with Gasteiger partial charge in [0.2, 0.25) is 0 Å². The Bertz CT molecular complexity index is 737. The van der Waals surface area contributed by atoms with Crippen LogP contribution in [-0.4, -0.2) is 17.9 Å². The number of hydrogen-bond donors (Lipinski definition) is 1. The highest BCUT2D eigenvalue weighted by atomic mass is 16.5. The van der Waals surface area contributed by atoms with Crippen molar-refractivity contribution in [2.24, 2.45) is 5.92 Å². The second-order valence-electron chi connectivity index (χ2n) is 6.20. The molecule has 0 aromatic heterocycles. The van der Waals surface area contributed by atoms with Gasteiger partial charge in [-0.05, 0) is 43.0 Å². The molecule has 1 N–H and O–H groups in total. The van der Waals surface area contributed by atoms with E-state index in [2.05, 4.69) is 5.32 Å². The minimum Gasteiger partial charge on any atom is -0.425 e. The minimum atomic E-state index is -0.711. The first kappa shape index (κ1) is 17.7. The molecule has 0 saturated heterocycles. The molecule has 2 aromatic rings. The van der Waals surface area contributed by atoms with Crippen LogP contribution in [0.3, 0.4) is 0 Å². The number of ether oxygens (including phenoxy) is 1. The summed E-state index contributed by atoms with van der Waals surface area (Å²) >= 11 is 0. The zero-order valence-corrected chi connectivity index (χ0v) is 14.5. The van der Waals surface area contributed by atoms with E-state index in [1.54, 1.807) is 18.2 Å². The Morgan fingerprint density at radius 3 is 2.08 bits per heavy atom. The summed E-state index contributed by atoms with van der Waals surface area (Å²) in [4.78, 5) is 25.0. The second-order valence-corrected chi connectivity index (χ2v) is 6.20. The van der Waals surface area contributed by atoms with Crippen molar-refractivity contribution >= 4 is 11.9 Å². The lowest BCUT2D eigenvalue weighted by molar-refractivity contribution is -0.137. The van der Waals surface area contributed by atoms with Gasteiger partial charge in [-0.25, -0.2) is 4.79 Å². The van der Waals surface area contributed by atoms with Crippen molar-refractivity contribution < 1.29 is 14.3 Å². The Morgan fingerprint density at radius 1 is 0.917 bits per heavy atom. The Labute approximate surface area is 142 Å². The van der Waals surface area contributed by atoms with Crippen molar-refractivity contribution in [3.8, 4) is 5.75 Å². The molecule has 0 aliphatic heterocycles. The van der Waals surface area contributed by atoms with Crippen molar-refractivity contribution in [3.63, 3.8) is 0 Å². The number of nitrogens with one attached hydrogen (secondary N) is 1. The number of para-hydroxylation sites is 1. The highest BCUT2D eigenvalue weighted by Gasteiger charge is 2.27. The van der Waals surface area contributed by atoms with Gasteiger partial charge in [0.25, 0.3) is 5.91 Å². The number of rotatable bonds is 5. The summed E-state index contributed by atoms with van der Waals surface area (Å²) in [5, 5.41) is 2.80. The Hall–Kier alpha value is -2.62. The van der Waals surface area contributed by atoms with Crippen LogP contribution in [0.2, 0.25) is 0 Å². The van der Waals surface area contributed by atoms with Gasteiger partial charge < -0.3 is 10.1 Å². The smallest absolute Gasteiger partial charge is 0.334 e. The average molecular weight is 325 g/mol. The first-order valence-corrected chi connectivity index (χ1v) is 8.04. The molecule has 4 heteroatoms. The van der Waals surface area contributed by atoms with Gasteiger partial charge in [-0.3, -0.25) is 4.79 Å². The molecule has 0 heterocycles. The van der Waals surface area contributed by atoms with Crippen LogP contribution >= 0.6 is 0 Å². The molecule has 126 valence electrons. The lowest BCUT2D eigenvalue weighted by Crippen LogP contribution is -2.46. The standard InChI is InChI=1S/C20H23NO3/c1-13(2)18(20(23)24-17-12-8-6-10-15(17)4)21-19(22)16-11-7-5-9-14(16)3/h5-13,18H,1-4H3,(H,21,22). The second kappa shape index (κ2) is 7.77. The monoisotopic (exact) mass is 325 g/mol. The average Bonchev–Trinajstić information content (AvgIpc) is 2.54. The van der Waals surface area contributed by atoms with Gasteiger partial charge in [-0.2, -0.15) is 0 Å². The number of benzene rings is 2. The van der Waals surface area contributed by atoms with Crippen LogP contribution in [0.5, 0.6) is 5.75 Å². The Morgan fingerprint density at radius 2 is 1.50 bits per heavy atom. The van der Waals surface area contributed by atoms with Crippen LogP contribution in [0.25, 0.3) is 0 Å². The molecule has 1 atom stereocenters. The Kier molecular flexibility index (Phi) is 5.74. The molecule has 2 aromatic carbocycles. The zero-order valence-electron chi connectivity index (χ0n) is 14.5. The van der Waals surface area contributed by atoms with E-state index < -0.39 is 12.0 Å². The van der Waals surface area contributed by atoms with Crippen LogP contribution in [0.4, 0.5) is 0 Å². The summed E-state index contributed by atoms with van der Waals surface area (Å²) < 4.78 is 5.48. The summed E-state index contributed by atoms with van der Waals surface area (Å²) in [5.41, 5.74) is 2.30. The highest BCUT2D eigenvalue weighted by Crippen LogP contribution is 2.18. The van der Waals surface area contributed by atoms with Crippen molar-refractivity contribution in [1.82, 2.24) is 5.32 Å². The molecule has 0 saturated carbocycles. The molecule has 24 heavy (non-hydrogen) atoms. The maximum absolute atomic E-state index is 12.5. The fraction of sp³-hybridized carbons (Fsp3) is 0.300. The number of carbonyl (C=O) groups is 2. The predicted octanol–water partition coefficient (Wildman–Crippen LogP) is 3.66.